The van der Waals surface area contributed by atoms with E-state index in [0.29, 0.717) is 0 Å². The maximum Gasteiger partial charge on any atom is 0.0702 e. The van der Waals surface area contributed by atoms with Gasteiger partial charge in [0.2, 0.25) is 0 Å². The van der Waals surface area contributed by atoms with Crippen LogP contribution >= 0.6 is 0 Å². The van der Waals surface area contributed by atoms with Crippen LogP contribution in [0.3, 0.4) is 0 Å². The van der Waals surface area contributed by atoms with Gasteiger partial charge in [-0.1, -0.05) is 178 Å². The van der Waals surface area contributed by atoms with Gasteiger partial charge in [0.25, 0.3) is 0 Å². The number of benzene rings is 10. The number of rotatable bonds is 5. The Labute approximate surface area is 415 Å². The first kappa shape index (κ1) is 41.0. The molecule has 0 saturated heterocycles. The van der Waals surface area contributed by atoms with E-state index < -0.39 is 0 Å². The van der Waals surface area contributed by atoms with Gasteiger partial charge < -0.3 is 9.80 Å². The molecule has 3 aliphatic rings. The predicted octanol–water partition coefficient (Wildman–Crippen LogP) is 18.6. The highest BCUT2D eigenvalue weighted by atomic mass is 15.2. The van der Waals surface area contributed by atoms with Crippen molar-refractivity contribution in [1.82, 2.24) is 4.98 Å². The fraction of sp³-hybridized carbons (Fsp3) is 0.0441. The first-order valence-electron chi connectivity index (χ1n) is 24.6. The SMILES string of the molecule is CC1(C)c2ccccc2-c2cc(-c3ccc(N4c5ccccc5-c5ccccc5-c5cc(-c6ccc7c(c6)-c6ccccc6-c6ccccc6N7c6cccc(-c7ccccn7)c6)ccc54)cc3)ccc21. The van der Waals surface area contributed by atoms with Crippen LogP contribution in [-0.2, 0) is 5.41 Å². The third kappa shape index (κ3) is 6.47. The molecule has 10 aromatic carbocycles. The molecule has 3 heteroatoms. The van der Waals surface area contributed by atoms with Crippen molar-refractivity contribution in [3.8, 4) is 89.1 Å². The summed E-state index contributed by atoms with van der Waals surface area (Å²) in [6.07, 6.45) is 1.86. The van der Waals surface area contributed by atoms with E-state index in [0.717, 1.165) is 56.5 Å². The molecule has 0 spiro atoms. The molecule has 0 saturated carbocycles. The first-order chi connectivity index (χ1) is 35.0. The summed E-state index contributed by atoms with van der Waals surface area (Å²) in [6.45, 7) is 4.69. The minimum absolute atomic E-state index is 0.0216. The van der Waals surface area contributed by atoms with E-state index in [1.165, 1.54) is 77.9 Å². The average Bonchev–Trinajstić information content (AvgIpc) is 3.51. The molecule has 2 aliphatic heterocycles. The number of pyridine rings is 1. The highest BCUT2D eigenvalue weighted by Gasteiger charge is 2.35. The summed E-state index contributed by atoms with van der Waals surface area (Å²) in [4.78, 5) is 9.60. The molecule has 0 unspecified atom stereocenters. The second-order valence-electron chi connectivity index (χ2n) is 19.5. The highest BCUT2D eigenvalue weighted by Crippen LogP contribution is 2.55. The lowest BCUT2D eigenvalue weighted by atomic mass is 9.82. The zero-order chi connectivity index (χ0) is 47.2. The van der Waals surface area contributed by atoms with Crippen molar-refractivity contribution in [3.63, 3.8) is 0 Å². The topological polar surface area (TPSA) is 19.4 Å². The molecule has 0 bridgehead atoms. The van der Waals surface area contributed by atoms with E-state index in [1.807, 2.05) is 18.3 Å². The molecule has 334 valence electrons. The number of hydrogen-bond acceptors (Lipinski definition) is 3. The fourth-order valence-corrected chi connectivity index (χ4v) is 11.8. The molecule has 11 aromatic rings. The van der Waals surface area contributed by atoms with Gasteiger partial charge in [-0.25, -0.2) is 0 Å². The van der Waals surface area contributed by atoms with Gasteiger partial charge in [-0.3, -0.25) is 4.98 Å². The summed E-state index contributed by atoms with van der Waals surface area (Å²) in [6, 6.07) is 89.5. The summed E-state index contributed by atoms with van der Waals surface area (Å²) in [7, 11) is 0. The number of para-hydroxylation sites is 2. The Bertz CT molecular complexity index is 3920. The van der Waals surface area contributed by atoms with Gasteiger partial charge in [0.05, 0.1) is 28.4 Å². The molecule has 14 rings (SSSR count). The van der Waals surface area contributed by atoms with Crippen LogP contribution in [0.15, 0.2) is 249 Å². The second kappa shape index (κ2) is 16.0. The van der Waals surface area contributed by atoms with E-state index in [9.17, 15) is 0 Å². The van der Waals surface area contributed by atoms with Crippen molar-refractivity contribution in [1.29, 1.82) is 0 Å². The lowest BCUT2D eigenvalue weighted by Gasteiger charge is -2.28. The van der Waals surface area contributed by atoms with Crippen LogP contribution in [0.4, 0.5) is 34.1 Å². The van der Waals surface area contributed by atoms with Crippen LogP contribution in [0.25, 0.3) is 89.1 Å². The second-order valence-corrected chi connectivity index (χ2v) is 19.5. The molecular formula is C68H47N3. The summed E-state index contributed by atoms with van der Waals surface area (Å²) in [5, 5.41) is 0. The van der Waals surface area contributed by atoms with E-state index in [2.05, 4.69) is 254 Å². The van der Waals surface area contributed by atoms with Crippen LogP contribution in [-0.4, -0.2) is 4.98 Å². The first-order valence-corrected chi connectivity index (χ1v) is 24.6. The average molecular weight is 906 g/mol. The Morgan fingerprint density at radius 1 is 0.282 bits per heavy atom. The zero-order valence-electron chi connectivity index (χ0n) is 39.5. The van der Waals surface area contributed by atoms with Gasteiger partial charge in [-0.05, 0) is 146 Å². The van der Waals surface area contributed by atoms with Crippen molar-refractivity contribution >= 4 is 34.1 Å². The van der Waals surface area contributed by atoms with Gasteiger partial charge in [0.1, 0.15) is 0 Å². The standard InChI is InChI=1S/C68H47N3/c1-68(2)61-25-10-7-22-55(61)58-41-45(31-36-62(58)68)44-29-34-49(35-30-44)70-64-27-11-8-23-56(64)51-18-3-5-20-53(51)59-42-46(32-37-66(59)70)47-33-38-67-60(43-47)54-21-6-4-19-52(54)57-24-9-12-28-65(57)71(67)50-17-15-16-48(40-50)63-26-13-14-39-69-63/h3-43H,1-2H3. The van der Waals surface area contributed by atoms with Crippen molar-refractivity contribution < 1.29 is 0 Å². The predicted molar refractivity (Wildman–Crippen MR) is 296 cm³/mol. The van der Waals surface area contributed by atoms with Crippen LogP contribution in [0, 0.1) is 0 Å². The molecule has 71 heavy (non-hydrogen) atoms. The van der Waals surface area contributed by atoms with E-state index in [1.54, 1.807) is 0 Å². The van der Waals surface area contributed by atoms with Crippen molar-refractivity contribution in [2.24, 2.45) is 0 Å². The molecule has 3 nitrogen and oxygen atoms in total. The summed E-state index contributed by atoms with van der Waals surface area (Å²) < 4.78 is 0. The Morgan fingerprint density at radius 3 is 1.34 bits per heavy atom. The molecule has 0 fully saturated rings. The van der Waals surface area contributed by atoms with Crippen LogP contribution < -0.4 is 9.80 Å². The molecule has 1 aliphatic carbocycles. The Hall–Kier alpha value is -9.05. The van der Waals surface area contributed by atoms with Gasteiger partial charge in [-0.2, -0.15) is 0 Å². The third-order valence-corrected chi connectivity index (χ3v) is 15.2. The number of hydrogen-bond donors (Lipinski definition) is 0. The number of aromatic nitrogens is 1. The van der Waals surface area contributed by atoms with E-state index in [-0.39, 0.29) is 5.41 Å². The van der Waals surface area contributed by atoms with E-state index >= 15 is 0 Å². The summed E-state index contributed by atoms with van der Waals surface area (Å²) >= 11 is 0. The Balaban J connectivity index is 0.903. The van der Waals surface area contributed by atoms with Crippen LogP contribution in [0.5, 0.6) is 0 Å². The molecular weight excluding hydrogens is 859 g/mol. The quantitative estimate of drug-likeness (QED) is 0.172. The molecule has 0 N–H and O–H groups in total. The molecule has 0 atom stereocenters. The Kier molecular flexibility index (Phi) is 9.24. The van der Waals surface area contributed by atoms with Gasteiger partial charge in [-0.15, -0.1) is 0 Å². The zero-order valence-corrected chi connectivity index (χ0v) is 39.5. The molecule has 1 aromatic heterocycles. The van der Waals surface area contributed by atoms with Gasteiger partial charge >= 0.3 is 0 Å². The van der Waals surface area contributed by atoms with Crippen molar-refractivity contribution in [2.75, 3.05) is 9.80 Å². The number of anilines is 6. The number of fused-ring (bicyclic) bond motifs is 13. The van der Waals surface area contributed by atoms with Crippen LogP contribution in [0.1, 0.15) is 25.0 Å². The molecule has 0 amide bonds. The summed E-state index contributed by atoms with van der Waals surface area (Å²) in [5.74, 6) is 0. The maximum atomic E-state index is 4.72. The minimum Gasteiger partial charge on any atom is -0.309 e. The summed E-state index contributed by atoms with van der Waals surface area (Å²) in [5.41, 5.74) is 28.6. The third-order valence-electron chi connectivity index (χ3n) is 15.2. The minimum atomic E-state index is -0.0216. The van der Waals surface area contributed by atoms with Crippen molar-refractivity contribution in [2.45, 2.75) is 19.3 Å². The fourth-order valence-electron chi connectivity index (χ4n) is 11.8. The Morgan fingerprint density at radius 2 is 0.732 bits per heavy atom. The normalized spacial score (nSPS) is 13.3. The number of nitrogens with zero attached hydrogens (tertiary/aromatic N) is 3. The maximum absolute atomic E-state index is 4.72. The van der Waals surface area contributed by atoms with E-state index in [4.69, 9.17) is 4.98 Å². The highest BCUT2D eigenvalue weighted by molar-refractivity contribution is 6.06. The van der Waals surface area contributed by atoms with Crippen LogP contribution in [0.2, 0.25) is 0 Å². The molecule has 3 heterocycles. The molecule has 0 radical (unpaired) electrons. The van der Waals surface area contributed by atoms with Gasteiger partial charge in [0, 0.05) is 50.8 Å². The smallest absolute Gasteiger partial charge is 0.0702 e. The van der Waals surface area contributed by atoms with Crippen molar-refractivity contribution in [3.05, 3.63) is 260 Å². The lowest BCUT2D eigenvalue weighted by molar-refractivity contribution is 0.660. The van der Waals surface area contributed by atoms with Gasteiger partial charge in [0.15, 0.2) is 0 Å². The monoisotopic (exact) mass is 905 g/mol. The largest absolute Gasteiger partial charge is 0.309 e. The lowest BCUT2D eigenvalue weighted by Crippen LogP contribution is -2.14.